The molecule has 1 amide bonds. The molecule has 7 nitrogen and oxygen atoms in total. The molecule has 150 valence electrons. The van der Waals surface area contributed by atoms with E-state index in [9.17, 15) is 4.79 Å². The van der Waals surface area contributed by atoms with E-state index in [4.69, 9.17) is 9.47 Å². The molecule has 7 heteroatoms. The molecule has 2 aromatic carbocycles. The number of nitrogens with zero attached hydrogens (tertiary/aromatic N) is 3. The van der Waals surface area contributed by atoms with Crippen LogP contribution in [0.25, 0.3) is 0 Å². The number of methoxy groups -OCH3 is 2. The molecule has 0 saturated carbocycles. The number of carbonyl (C=O) groups is 1. The van der Waals surface area contributed by atoms with Crippen molar-refractivity contribution in [2.24, 2.45) is 0 Å². The van der Waals surface area contributed by atoms with Crippen LogP contribution in [0.3, 0.4) is 0 Å². The molecule has 0 saturated heterocycles. The van der Waals surface area contributed by atoms with Crippen LogP contribution in [0.1, 0.15) is 22.8 Å². The molecule has 1 N–H and O–H groups in total. The lowest BCUT2D eigenvalue weighted by Crippen LogP contribution is -2.30. The minimum Gasteiger partial charge on any atom is -0.493 e. The van der Waals surface area contributed by atoms with Gasteiger partial charge < -0.3 is 19.7 Å². The SMILES string of the molecule is CCN(Cc1ccccc1)C(=O)c1cnc(Nc2ccc(OC)c(OC)c2)nc1. The Kier molecular flexibility index (Phi) is 6.63. The summed E-state index contributed by atoms with van der Waals surface area (Å²) in [5.41, 5.74) is 2.27. The number of aromatic nitrogens is 2. The maximum atomic E-state index is 12.8. The summed E-state index contributed by atoms with van der Waals surface area (Å²) in [4.78, 5) is 23.1. The van der Waals surface area contributed by atoms with Crippen molar-refractivity contribution in [3.63, 3.8) is 0 Å². The molecule has 0 aliphatic heterocycles. The van der Waals surface area contributed by atoms with E-state index < -0.39 is 0 Å². The lowest BCUT2D eigenvalue weighted by atomic mass is 10.2. The number of amides is 1. The van der Waals surface area contributed by atoms with Gasteiger partial charge >= 0.3 is 0 Å². The molecule has 3 rings (SSSR count). The lowest BCUT2D eigenvalue weighted by Gasteiger charge is -2.21. The van der Waals surface area contributed by atoms with Crippen LogP contribution in [0.15, 0.2) is 60.9 Å². The smallest absolute Gasteiger partial charge is 0.257 e. The van der Waals surface area contributed by atoms with Crippen LogP contribution in [0.2, 0.25) is 0 Å². The highest BCUT2D eigenvalue weighted by Gasteiger charge is 2.16. The van der Waals surface area contributed by atoms with Gasteiger partial charge in [-0.15, -0.1) is 0 Å². The Labute approximate surface area is 170 Å². The van der Waals surface area contributed by atoms with Crippen molar-refractivity contribution in [3.8, 4) is 11.5 Å². The fraction of sp³-hybridized carbons (Fsp3) is 0.227. The van der Waals surface area contributed by atoms with Gasteiger partial charge in [-0.25, -0.2) is 9.97 Å². The quantitative estimate of drug-likeness (QED) is 0.627. The number of benzene rings is 2. The van der Waals surface area contributed by atoms with Gasteiger partial charge in [-0.1, -0.05) is 30.3 Å². The summed E-state index contributed by atoms with van der Waals surface area (Å²) >= 11 is 0. The Bertz CT molecular complexity index is 946. The van der Waals surface area contributed by atoms with Crippen molar-refractivity contribution >= 4 is 17.5 Å². The maximum Gasteiger partial charge on any atom is 0.257 e. The second-order valence-electron chi connectivity index (χ2n) is 6.30. The highest BCUT2D eigenvalue weighted by molar-refractivity contribution is 5.93. The number of hydrogen-bond donors (Lipinski definition) is 1. The first kappa shape index (κ1) is 20.1. The first-order valence-corrected chi connectivity index (χ1v) is 9.29. The summed E-state index contributed by atoms with van der Waals surface area (Å²) in [7, 11) is 3.16. The first-order valence-electron chi connectivity index (χ1n) is 9.29. The monoisotopic (exact) mass is 392 g/mol. The van der Waals surface area contributed by atoms with Gasteiger partial charge in [0.25, 0.3) is 5.91 Å². The van der Waals surface area contributed by atoms with Crippen LogP contribution in [-0.4, -0.2) is 41.5 Å². The molecule has 0 unspecified atom stereocenters. The summed E-state index contributed by atoms with van der Waals surface area (Å²) in [6.45, 7) is 3.09. The van der Waals surface area contributed by atoms with Crippen molar-refractivity contribution in [1.82, 2.24) is 14.9 Å². The van der Waals surface area contributed by atoms with E-state index in [1.807, 2.05) is 43.3 Å². The van der Waals surface area contributed by atoms with Crippen LogP contribution in [0.4, 0.5) is 11.6 Å². The van der Waals surface area contributed by atoms with Gasteiger partial charge in [0, 0.05) is 37.2 Å². The molecule has 0 atom stereocenters. The average molecular weight is 392 g/mol. The molecular weight excluding hydrogens is 368 g/mol. The Morgan fingerprint density at radius 3 is 2.31 bits per heavy atom. The summed E-state index contributed by atoms with van der Waals surface area (Å²) in [5.74, 6) is 1.52. The minimum atomic E-state index is -0.103. The van der Waals surface area contributed by atoms with Gasteiger partial charge in [-0.3, -0.25) is 4.79 Å². The van der Waals surface area contributed by atoms with Gasteiger partial charge in [0.1, 0.15) is 0 Å². The van der Waals surface area contributed by atoms with Gasteiger partial charge in [-0.05, 0) is 24.6 Å². The van der Waals surface area contributed by atoms with Crippen LogP contribution >= 0.6 is 0 Å². The molecule has 0 spiro atoms. The molecular formula is C22H24N4O3. The molecule has 0 fully saturated rings. The number of nitrogens with one attached hydrogen (secondary N) is 1. The van der Waals surface area contributed by atoms with Crippen molar-refractivity contribution in [1.29, 1.82) is 0 Å². The molecule has 0 bridgehead atoms. The Hall–Kier alpha value is -3.61. The first-order chi connectivity index (χ1) is 14.1. The Morgan fingerprint density at radius 2 is 1.69 bits per heavy atom. The lowest BCUT2D eigenvalue weighted by molar-refractivity contribution is 0.0751. The van der Waals surface area contributed by atoms with E-state index in [1.54, 1.807) is 31.3 Å². The highest BCUT2D eigenvalue weighted by atomic mass is 16.5. The molecule has 3 aromatic rings. The van der Waals surface area contributed by atoms with Gasteiger partial charge in [0.15, 0.2) is 11.5 Å². The fourth-order valence-corrected chi connectivity index (χ4v) is 2.86. The predicted molar refractivity (Wildman–Crippen MR) is 112 cm³/mol. The van der Waals surface area contributed by atoms with Gasteiger partial charge in [0.2, 0.25) is 5.95 Å². The third kappa shape index (κ3) is 5.01. The van der Waals surface area contributed by atoms with E-state index in [2.05, 4.69) is 15.3 Å². The predicted octanol–water partition coefficient (Wildman–Crippen LogP) is 3.90. The van der Waals surface area contributed by atoms with Crippen molar-refractivity contribution < 1.29 is 14.3 Å². The second-order valence-corrected chi connectivity index (χ2v) is 6.30. The molecule has 0 radical (unpaired) electrons. The fourth-order valence-electron chi connectivity index (χ4n) is 2.86. The zero-order valence-corrected chi connectivity index (χ0v) is 16.8. The number of anilines is 2. The third-order valence-corrected chi connectivity index (χ3v) is 4.42. The standard InChI is InChI=1S/C22H24N4O3/c1-4-26(15-16-8-6-5-7-9-16)21(27)17-13-23-22(24-14-17)25-18-10-11-19(28-2)20(12-18)29-3/h5-14H,4,15H2,1-3H3,(H,23,24,25). The zero-order valence-electron chi connectivity index (χ0n) is 16.8. The highest BCUT2D eigenvalue weighted by Crippen LogP contribution is 2.30. The Balaban J connectivity index is 1.69. The van der Waals surface area contributed by atoms with Crippen molar-refractivity contribution in [2.75, 3.05) is 26.1 Å². The summed E-state index contributed by atoms with van der Waals surface area (Å²) in [5, 5.41) is 3.10. The number of rotatable bonds is 8. The summed E-state index contributed by atoms with van der Waals surface area (Å²) in [6.07, 6.45) is 3.07. The van der Waals surface area contributed by atoms with Crippen molar-refractivity contribution in [2.45, 2.75) is 13.5 Å². The Morgan fingerprint density at radius 1 is 1.00 bits per heavy atom. The normalized spacial score (nSPS) is 10.3. The van der Waals surface area contributed by atoms with E-state index >= 15 is 0 Å². The number of carbonyl (C=O) groups excluding carboxylic acids is 1. The zero-order chi connectivity index (χ0) is 20.6. The molecule has 29 heavy (non-hydrogen) atoms. The topological polar surface area (TPSA) is 76.6 Å². The minimum absolute atomic E-state index is 0.103. The summed E-state index contributed by atoms with van der Waals surface area (Å²) in [6, 6.07) is 15.3. The number of hydrogen-bond acceptors (Lipinski definition) is 6. The van der Waals surface area contributed by atoms with E-state index in [0.717, 1.165) is 11.3 Å². The largest absolute Gasteiger partial charge is 0.493 e. The molecule has 0 aliphatic carbocycles. The van der Waals surface area contributed by atoms with Crippen LogP contribution in [-0.2, 0) is 6.54 Å². The van der Waals surface area contributed by atoms with Gasteiger partial charge in [-0.2, -0.15) is 0 Å². The van der Waals surface area contributed by atoms with Crippen molar-refractivity contribution in [3.05, 3.63) is 72.1 Å². The van der Waals surface area contributed by atoms with Crippen LogP contribution < -0.4 is 14.8 Å². The third-order valence-electron chi connectivity index (χ3n) is 4.42. The molecule has 1 heterocycles. The summed E-state index contributed by atoms with van der Waals surface area (Å²) < 4.78 is 10.5. The maximum absolute atomic E-state index is 12.8. The second kappa shape index (κ2) is 9.54. The average Bonchev–Trinajstić information content (AvgIpc) is 2.78. The van der Waals surface area contributed by atoms with E-state index in [0.29, 0.717) is 36.1 Å². The van der Waals surface area contributed by atoms with E-state index in [-0.39, 0.29) is 5.91 Å². The van der Waals surface area contributed by atoms with E-state index in [1.165, 1.54) is 12.4 Å². The molecule has 0 aliphatic rings. The molecule has 1 aromatic heterocycles. The van der Waals surface area contributed by atoms with Crippen LogP contribution in [0, 0.1) is 0 Å². The van der Waals surface area contributed by atoms with Crippen LogP contribution in [0.5, 0.6) is 11.5 Å². The number of ether oxygens (including phenoxy) is 2. The van der Waals surface area contributed by atoms with Gasteiger partial charge in [0.05, 0.1) is 19.8 Å².